The van der Waals surface area contributed by atoms with Crippen LogP contribution in [-0.4, -0.2) is 16.6 Å². The van der Waals surface area contributed by atoms with Gasteiger partial charge in [0.25, 0.3) is 0 Å². The number of Topliss-reactive ketones (excluding diaryl/α,β-unsaturated/α-hetero) is 2. The molecule has 1 aromatic carbocycles. The minimum absolute atomic E-state index is 0.0188. The molecule has 0 aliphatic heterocycles. The summed E-state index contributed by atoms with van der Waals surface area (Å²) >= 11 is 0. The number of carbonyl (C=O) groups is 2. The van der Waals surface area contributed by atoms with Gasteiger partial charge in [0.1, 0.15) is 11.6 Å². The first-order valence-corrected chi connectivity index (χ1v) is 9.55. The smallest absolute Gasteiger partial charge is 0.146 e. The second kappa shape index (κ2) is 8.39. The number of ketones is 2. The third-order valence-electron chi connectivity index (χ3n) is 5.64. The summed E-state index contributed by atoms with van der Waals surface area (Å²) in [4.78, 5) is 29.4. The lowest BCUT2D eigenvalue weighted by Gasteiger charge is -2.29. The number of aryl methyl sites for hydroxylation is 1. The predicted molar refractivity (Wildman–Crippen MR) is 103 cm³/mol. The topological polar surface area (TPSA) is 47.0 Å². The summed E-state index contributed by atoms with van der Waals surface area (Å²) in [5.74, 6) is 0.161. The van der Waals surface area contributed by atoms with E-state index in [1.807, 2.05) is 25.1 Å². The SMILES string of the molecule is CC(=O)C(Cc1ccnc(C)c1)C(=O)C1CCC(c2ccccc2)CC1. The molecule has 1 aliphatic carbocycles. The lowest BCUT2D eigenvalue weighted by Crippen LogP contribution is -2.32. The monoisotopic (exact) mass is 349 g/mol. The van der Waals surface area contributed by atoms with Crippen LogP contribution in [0, 0.1) is 18.8 Å². The van der Waals surface area contributed by atoms with Gasteiger partial charge >= 0.3 is 0 Å². The Balaban J connectivity index is 1.64. The van der Waals surface area contributed by atoms with Gasteiger partial charge in [-0.05, 0) is 75.1 Å². The van der Waals surface area contributed by atoms with Gasteiger partial charge in [0, 0.05) is 17.8 Å². The van der Waals surface area contributed by atoms with E-state index in [2.05, 4.69) is 29.2 Å². The summed E-state index contributed by atoms with van der Waals surface area (Å²) in [5.41, 5.74) is 3.30. The van der Waals surface area contributed by atoms with Gasteiger partial charge in [0.05, 0.1) is 5.92 Å². The molecule has 1 atom stereocenters. The highest BCUT2D eigenvalue weighted by Crippen LogP contribution is 2.37. The Morgan fingerprint density at radius 2 is 1.77 bits per heavy atom. The number of nitrogens with zero attached hydrogens (tertiary/aromatic N) is 1. The number of hydrogen-bond acceptors (Lipinski definition) is 3. The molecule has 3 heteroatoms. The molecule has 0 spiro atoms. The molecule has 1 fully saturated rings. The average molecular weight is 349 g/mol. The van der Waals surface area contributed by atoms with Crippen molar-refractivity contribution in [1.29, 1.82) is 0 Å². The highest BCUT2D eigenvalue weighted by Gasteiger charge is 2.33. The molecule has 3 nitrogen and oxygen atoms in total. The van der Waals surface area contributed by atoms with Crippen molar-refractivity contribution in [3.8, 4) is 0 Å². The molecule has 1 saturated carbocycles. The van der Waals surface area contributed by atoms with Gasteiger partial charge in [-0.1, -0.05) is 30.3 Å². The van der Waals surface area contributed by atoms with Gasteiger partial charge in [-0.15, -0.1) is 0 Å². The normalized spacial score (nSPS) is 21.2. The highest BCUT2D eigenvalue weighted by atomic mass is 16.1. The highest BCUT2D eigenvalue weighted by molar-refractivity contribution is 6.02. The van der Waals surface area contributed by atoms with Crippen LogP contribution in [0.3, 0.4) is 0 Å². The molecular formula is C23H27NO2. The van der Waals surface area contributed by atoms with Crippen molar-refractivity contribution >= 4 is 11.6 Å². The second-order valence-electron chi connectivity index (χ2n) is 7.53. The van der Waals surface area contributed by atoms with Gasteiger partial charge in [0.2, 0.25) is 0 Å². The quantitative estimate of drug-likeness (QED) is 0.711. The summed E-state index contributed by atoms with van der Waals surface area (Å²) in [6, 6.07) is 14.4. The minimum atomic E-state index is -0.518. The maximum absolute atomic E-state index is 13.0. The molecule has 0 saturated heterocycles. The fourth-order valence-electron chi connectivity index (χ4n) is 4.13. The molecular weight excluding hydrogens is 322 g/mol. The van der Waals surface area contributed by atoms with Gasteiger partial charge < -0.3 is 0 Å². The number of carbonyl (C=O) groups excluding carboxylic acids is 2. The summed E-state index contributed by atoms with van der Waals surface area (Å²) < 4.78 is 0. The summed E-state index contributed by atoms with van der Waals surface area (Å²) in [5, 5.41) is 0. The van der Waals surface area contributed by atoms with Gasteiger partial charge in [-0.25, -0.2) is 0 Å². The summed E-state index contributed by atoms with van der Waals surface area (Å²) in [6.07, 6.45) is 6.07. The Labute approximate surface area is 155 Å². The second-order valence-corrected chi connectivity index (χ2v) is 7.53. The van der Waals surface area contributed by atoms with E-state index in [0.717, 1.165) is 36.9 Å². The zero-order valence-corrected chi connectivity index (χ0v) is 15.7. The predicted octanol–water partition coefficient (Wildman–Crippen LogP) is 4.68. The van der Waals surface area contributed by atoms with Crippen molar-refractivity contribution in [3.05, 3.63) is 65.5 Å². The third kappa shape index (κ3) is 4.46. The Morgan fingerprint density at radius 3 is 2.38 bits per heavy atom. The molecule has 136 valence electrons. The van der Waals surface area contributed by atoms with Crippen molar-refractivity contribution in [3.63, 3.8) is 0 Å². The molecule has 1 aliphatic rings. The first-order valence-electron chi connectivity index (χ1n) is 9.55. The van der Waals surface area contributed by atoms with E-state index in [-0.39, 0.29) is 17.5 Å². The van der Waals surface area contributed by atoms with Crippen molar-refractivity contribution in [1.82, 2.24) is 4.98 Å². The minimum Gasteiger partial charge on any atom is -0.299 e. The van der Waals surface area contributed by atoms with Gasteiger partial charge in [-0.2, -0.15) is 0 Å². The molecule has 3 rings (SSSR count). The Bertz CT molecular complexity index is 761. The third-order valence-corrected chi connectivity index (χ3v) is 5.64. The molecule has 0 amide bonds. The van der Waals surface area contributed by atoms with Crippen molar-refractivity contribution in [2.24, 2.45) is 11.8 Å². The maximum atomic E-state index is 13.0. The lowest BCUT2D eigenvalue weighted by molar-refractivity contribution is -0.134. The summed E-state index contributed by atoms with van der Waals surface area (Å²) in [6.45, 7) is 3.48. The van der Waals surface area contributed by atoms with Crippen LogP contribution in [0.25, 0.3) is 0 Å². The van der Waals surface area contributed by atoms with E-state index in [1.54, 1.807) is 13.1 Å². The Morgan fingerprint density at radius 1 is 1.08 bits per heavy atom. The van der Waals surface area contributed by atoms with Crippen molar-refractivity contribution < 1.29 is 9.59 Å². The zero-order chi connectivity index (χ0) is 18.5. The molecule has 2 aromatic rings. The zero-order valence-electron chi connectivity index (χ0n) is 15.7. The molecule has 1 heterocycles. The first-order chi connectivity index (χ1) is 12.5. The number of hydrogen-bond donors (Lipinski definition) is 0. The first kappa shape index (κ1) is 18.5. The van der Waals surface area contributed by atoms with Crippen molar-refractivity contribution in [2.75, 3.05) is 0 Å². The lowest BCUT2D eigenvalue weighted by atomic mass is 9.73. The van der Waals surface area contributed by atoms with E-state index in [1.165, 1.54) is 5.56 Å². The molecule has 1 unspecified atom stereocenters. The largest absolute Gasteiger partial charge is 0.299 e. The van der Waals surface area contributed by atoms with Crippen LogP contribution in [0.2, 0.25) is 0 Å². The molecule has 1 aromatic heterocycles. The standard InChI is InChI=1S/C23H27NO2/c1-16-14-18(12-13-24-16)15-22(17(2)25)23(26)21-10-8-20(9-11-21)19-6-4-3-5-7-19/h3-7,12-14,20-22H,8-11,15H2,1-2H3. The number of rotatable bonds is 6. The fraction of sp³-hybridized carbons (Fsp3) is 0.435. The van der Waals surface area contributed by atoms with Crippen LogP contribution in [-0.2, 0) is 16.0 Å². The van der Waals surface area contributed by atoms with Crippen LogP contribution >= 0.6 is 0 Å². The van der Waals surface area contributed by atoms with Crippen LogP contribution < -0.4 is 0 Å². The number of pyridine rings is 1. The van der Waals surface area contributed by atoms with E-state index in [9.17, 15) is 9.59 Å². The average Bonchev–Trinajstić information content (AvgIpc) is 2.66. The number of aromatic nitrogens is 1. The molecule has 0 radical (unpaired) electrons. The van der Waals surface area contributed by atoms with E-state index in [4.69, 9.17) is 0 Å². The molecule has 26 heavy (non-hydrogen) atoms. The molecule has 0 bridgehead atoms. The van der Waals surface area contributed by atoms with E-state index >= 15 is 0 Å². The van der Waals surface area contributed by atoms with Crippen LogP contribution in [0.4, 0.5) is 0 Å². The number of benzene rings is 1. The van der Waals surface area contributed by atoms with Gasteiger partial charge in [0.15, 0.2) is 0 Å². The fourth-order valence-corrected chi connectivity index (χ4v) is 4.13. The Hall–Kier alpha value is -2.29. The van der Waals surface area contributed by atoms with Crippen molar-refractivity contribution in [2.45, 2.75) is 51.9 Å². The van der Waals surface area contributed by atoms with Crippen LogP contribution in [0.15, 0.2) is 48.7 Å². The van der Waals surface area contributed by atoms with Crippen LogP contribution in [0.1, 0.15) is 55.3 Å². The maximum Gasteiger partial charge on any atom is 0.146 e. The summed E-state index contributed by atoms with van der Waals surface area (Å²) in [7, 11) is 0. The Kier molecular flexibility index (Phi) is 5.97. The van der Waals surface area contributed by atoms with E-state index in [0.29, 0.717) is 12.3 Å². The van der Waals surface area contributed by atoms with E-state index < -0.39 is 5.92 Å². The van der Waals surface area contributed by atoms with Crippen LogP contribution in [0.5, 0.6) is 0 Å². The molecule has 0 N–H and O–H groups in total. The van der Waals surface area contributed by atoms with Gasteiger partial charge in [-0.3, -0.25) is 14.6 Å².